The van der Waals surface area contributed by atoms with Crippen LogP contribution in [0, 0.1) is 0 Å². The fourth-order valence-corrected chi connectivity index (χ4v) is 2.79. The summed E-state index contributed by atoms with van der Waals surface area (Å²) in [5, 5.41) is 7.63. The van der Waals surface area contributed by atoms with E-state index in [-0.39, 0.29) is 18.4 Å². The minimum absolute atomic E-state index is 0.0776. The largest absolute Gasteiger partial charge is 0.483 e. The molecule has 0 radical (unpaired) electrons. The Morgan fingerprint density at radius 2 is 1.44 bits per heavy atom. The molecule has 2 N–H and O–H groups in total. The van der Waals surface area contributed by atoms with E-state index < -0.39 is 0 Å². The van der Waals surface area contributed by atoms with Gasteiger partial charge in [-0.3, -0.25) is 9.59 Å². The Hall–Kier alpha value is -3.34. The van der Waals surface area contributed by atoms with Gasteiger partial charge in [-0.2, -0.15) is 0 Å². The summed E-state index contributed by atoms with van der Waals surface area (Å²) in [6.07, 6.45) is 1.20. The molecular weight excluding hydrogens is 340 g/mol. The van der Waals surface area contributed by atoms with Gasteiger partial charge in [0, 0.05) is 11.8 Å². The molecule has 0 unspecified atom stereocenters. The lowest BCUT2D eigenvalue weighted by Gasteiger charge is -2.13. The van der Waals surface area contributed by atoms with Crippen molar-refractivity contribution in [1.82, 2.24) is 0 Å². The van der Waals surface area contributed by atoms with E-state index in [0.29, 0.717) is 23.5 Å². The van der Waals surface area contributed by atoms with Crippen LogP contribution in [0.2, 0.25) is 0 Å². The number of ether oxygens (including phenoxy) is 1. The van der Waals surface area contributed by atoms with Crippen LogP contribution < -0.4 is 15.4 Å². The van der Waals surface area contributed by atoms with Crippen LogP contribution in [0.3, 0.4) is 0 Å². The molecule has 0 aliphatic heterocycles. The topological polar surface area (TPSA) is 67.4 Å². The summed E-state index contributed by atoms with van der Waals surface area (Å²) < 4.78 is 5.71. The van der Waals surface area contributed by atoms with Gasteiger partial charge in [0.1, 0.15) is 5.75 Å². The third kappa shape index (κ3) is 4.85. The van der Waals surface area contributed by atoms with E-state index in [9.17, 15) is 9.59 Å². The number of anilines is 2. The predicted molar refractivity (Wildman–Crippen MR) is 108 cm³/mol. The molecule has 0 fully saturated rings. The third-order valence-electron chi connectivity index (χ3n) is 4.06. The van der Waals surface area contributed by atoms with Crippen LogP contribution in [0.15, 0.2) is 66.7 Å². The Kier molecular flexibility index (Phi) is 6.05. The van der Waals surface area contributed by atoms with E-state index in [1.165, 1.54) is 0 Å². The zero-order valence-electron chi connectivity index (χ0n) is 15.2. The summed E-state index contributed by atoms with van der Waals surface area (Å²) in [6.45, 7) is 1.82. The van der Waals surface area contributed by atoms with Crippen molar-refractivity contribution < 1.29 is 14.3 Å². The summed E-state index contributed by atoms with van der Waals surface area (Å²) in [4.78, 5) is 24.2. The molecule has 5 nitrogen and oxygen atoms in total. The normalized spacial score (nSPS) is 10.4. The monoisotopic (exact) mass is 362 g/mol. The average Bonchev–Trinajstić information content (AvgIpc) is 2.68. The minimum atomic E-state index is -0.292. The third-order valence-corrected chi connectivity index (χ3v) is 4.06. The molecule has 2 amide bonds. The Morgan fingerprint density at radius 1 is 0.815 bits per heavy atom. The van der Waals surface area contributed by atoms with Crippen molar-refractivity contribution in [3.05, 3.63) is 66.7 Å². The first kappa shape index (κ1) is 18.5. The summed E-state index contributed by atoms with van der Waals surface area (Å²) in [6, 6.07) is 20.7. The zero-order chi connectivity index (χ0) is 19.1. The quantitative estimate of drug-likeness (QED) is 0.646. The SMILES string of the molecule is CCCC(=O)Nc1ccccc1NC(=O)COc1cccc2ccccc12. The second kappa shape index (κ2) is 8.85. The molecule has 3 rings (SSSR count). The lowest BCUT2D eigenvalue weighted by Crippen LogP contribution is -2.21. The average molecular weight is 362 g/mol. The highest BCUT2D eigenvalue weighted by Crippen LogP contribution is 2.25. The van der Waals surface area contributed by atoms with Gasteiger partial charge in [0.2, 0.25) is 5.91 Å². The van der Waals surface area contributed by atoms with Crippen molar-refractivity contribution in [2.45, 2.75) is 19.8 Å². The van der Waals surface area contributed by atoms with Gasteiger partial charge < -0.3 is 15.4 Å². The van der Waals surface area contributed by atoms with Crippen LogP contribution in [0.1, 0.15) is 19.8 Å². The number of nitrogens with one attached hydrogen (secondary N) is 2. The Balaban J connectivity index is 1.65. The van der Waals surface area contributed by atoms with Crippen molar-refractivity contribution in [3.63, 3.8) is 0 Å². The van der Waals surface area contributed by atoms with E-state index in [1.807, 2.05) is 55.5 Å². The Morgan fingerprint density at radius 3 is 2.19 bits per heavy atom. The van der Waals surface area contributed by atoms with E-state index >= 15 is 0 Å². The molecule has 27 heavy (non-hydrogen) atoms. The van der Waals surface area contributed by atoms with Gasteiger partial charge in [-0.1, -0.05) is 55.5 Å². The van der Waals surface area contributed by atoms with E-state index in [2.05, 4.69) is 10.6 Å². The summed E-state index contributed by atoms with van der Waals surface area (Å²) in [5.74, 6) is 0.291. The second-order valence-corrected chi connectivity index (χ2v) is 6.16. The Bertz CT molecular complexity index is 948. The molecule has 0 aliphatic carbocycles. The highest BCUT2D eigenvalue weighted by molar-refractivity contribution is 6.00. The number of hydrogen-bond acceptors (Lipinski definition) is 3. The highest BCUT2D eigenvalue weighted by atomic mass is 16.5. The fraction of sp³-hybridized carbons (Fsp3) is 0.182. The van der Waals surface area contributed by atoms with E-state index in [1.54, 1.807) is 18.2 Å². The molecule has 0 spiro atoms. The van der Waals surface area contributed by atoms with E-state index in [4.69, 9.17) is 4.74 Å². The lowest BCUT2D eigenvalue weighted by molar-refractivity contribution is -0.118. The molecule has 5 heteroatoms. The first-order chi connectivity index (χ1) is 13.2. The molecule has 0 heterocycles. The van der Waals surface area contributed by atoms with Crippen molar-refractivity contribution in [2.75, 3.05) is 17.2 Å². The van der Waals surface area contributed by atoms with Gasteiger partial charge in [0.05, 0.1) is 11.4 Å². The van der Waals surface area contributed by atoms with Crippen LogP contribution in [0.25, 0.3) is 10.8 Å². The lowest BCUT2D eigenvalue weighted by atomic mass is 10.1. The van der Waals surface area contributed by atoms with Crippen molar-refractivity contribution >= 4 is 34.0 Å². The molecule has 3 aromatic carbocycles. The first-order valence-electron chi connectivity index (χ1n) is 8.96. The maximum absolute atomic E-state index is 12.3. The smallest absolute Gasteiger partial charge is 0.262 e. The molecule has 0 saturated carbocycles. The van der Waals surface area contributed by atoms with Crippen molar-refractivity contribution in [2.24, 2.45) is 0 Å². The van der Waals surface area contributed by atoms with Crippen LogP contribution in [0.4, 0.5) is 11.4 Å². The van der Waals surface area contributed by atoms with Crippen LogP contribution in [-0.4, -0.2) is 18.4 Å². The van der Waals surface area contributed by atoms with Crippen molar-refractivity contribution in [1.29, 1.82) is 0 Å². The van der Waals surface area contributed by atoms with Gasteiger partial charge >= 0.3 is 0 Å². The Labute approximate surface area is 158 Å². The number of hydrogen-bond donors (Lipinski definition) is 2. The summed E-state index contributed by atoms with van der Waals surface area (Å²) >= 11 is 0. The van der Waals surface area contributed by atoms with Gasteiger partial charge in [-0.25, -0.2) is 0 Å². The van der Waals surface area contributed by atoms with Gasteiger partial charge in [0.15, 0.2) is 6.61 Å². The standard InChI is InChI=1S/C22H22N2O3/c1-2-8-21(25)23-18-12-5-6-13-19(18)24-22(26)15-27-20-14-7-10-16-9-3-4-11-17(16)20/h3-7,9-14H,2,8,15H2,1H3,(H,23,25)(H,24,26). The summed E-state index contributed by atoms with van der Waals surface area (Å²) in [5.41, 5.74) is 1.13. The van der Waals surface area contributed by atoms with Crippen LogP contribution in [0.5, 0.6) is 5.75 Å². The molecule has 3 aromatic rings. The number of rotatable bonds is 7. The molecule has 0 aliphatic rings. The van der Waals surface area contributed by atoms with Gasteiger partial charge in [-0.05, 0) is 30.0 Å². The molecule has 0 bridgehead atoms. The molecule has 0 saturated heterocycles. The second-order valence-electron chi connectivity index (χ2n) is 6.16. The van der Waals surface area contributed by atoms with Gasteiger partial charge in [-0.15, -0.1) is 0 Å². The first-order valence-corrected chi connectivity index (χ1v) is 8.96. The predicted octanol–water partition coefficient (Wildman–Crippen LogP) is 4.60. The number of amides is 2. The minimum Gasteiger partial charge on any atom is -0.483 e. The van der Waals surface area contributed by atoms with E-state index in [0.717, 1.165) is 17.2 Å². The molecular formula is C22H22N2O3. The maximum atomic E-state index is 12.3. The maximum Gasteiger partial charge on any atom is 0.262 e. The number of para-hydroxylation sites is 2. The van der Waals surface area contributed by atoms with Crippen LogP contribution >= 0.6 is 0 Å². The highest BCUT2D eigenvalue weighted by Gasteiger charge is 2.10. The summed E-state index contributed by atoms with van der Waals surface area (Å²) in [7, 11) is 0. The molecule has 138 valence electrons. The fourth-order valence-electron chi connectivity index (χ4n) is 2.79. The number of fused-ring (bicyclic) bond motifs is 1. The zero-order valence-corrected chi connectivity index (χ0v) is 15.2. The van der Waals surface area contributed by atoms with Crippen molar-refractivity contribution in [3.8, 4) is 5.75 Å². The molecule has 0 aromatic heterocycles. The number of carbonyl (C=O) groups excluding carboxylic acids is 2. The number of benzene rings is 3. The number of carbonyl (C=O) groups is 2. The molecule has 0 atom stereocenters. The van der Waals surface area contributed by atoms with Gasteiger partial charge in [0.25, 0.3) is 5.91 Å². The van der Waals surface area contributed by atoms with Crippen LogP contribution in [-0.2, 0) is 9.59 Å².